The molecule has 0 fully saturated rings. The van der Waals surface area contributed by atoms with E-state index in [4.69, 9.17) is 19.8 Å². The van der Waals surface area contributed by atoms with Gasteiger partial charge in [-0.1, -0.05) is 12.1 Å². The molecule has 0 aliphatic rings. The first kappa shape index (κ1) is 21.6. The molecule has 3 rings (SSSR count). The Hall–Kier alpha value is -3.46. The molecule has 0 bridgehead atoms. The first-order valence-corrected chi connectivity index (χ1v) is 7.96. The van der Waals surface area contributed by atoms with Crippen LogP contribution in [0.4, 0.5) is 0 Å². The highest BCUT2D eigenvalue weighted by molar-refractivity contribution is 5.34. The van der Waals surface area contributed by atoms with Crippen molar-refractivity contribution in [2.24, 2.45) is 0 Å². The molecule has 2 aromatic heterocycles. The predicted octanol–water partition coefficient (Wildman–Crippen LogP) is 1.94. The van der Waals surface area contributed by atoms with E-state index in [0.29, 0.717) is 0 Å². The molecule has 1 aromatic carbocycles. The van der Waals surface area contributed by atoms with Crippen LogP contribution >= 0.6 is 0 Å². The van der Waals surface area contributed by atoms with Gasteiger partial charge in [-0.15, -0.1) is 0 Å². The average Bonchev–Trinajstić information content (AvgIpc) is 3.30. The number of nitrogens with one attached hydrogen (secondary N) is 1. The van der Waals surface area contributed by atoms with Gasteiger partial charge in [0.25, 0.3) is 12.9 Å². The van der Waals surface area contributed by atoms with Gasteiger partial charge in [0.15, 0.2) is 0 Å². The molecular weight excluding hydrogens is 350 g/mol. The maximum Gasteiger partial charge on any atom is 0.290 e. The minimum Gasteiger partial charge on any atom is -0.483 e. The highest BCUT2D eigenvalue weighted by Gasteiger charge is 2.06. The van der Waals surface area contributed by atoms with Crippen LogP contribution in [-0.4, -0.2) is 54.9 Å². The number of benzene rings is 1. The Morgan fingerprint density at radius 3 is 2.26 bits per heavy atom. The zero-order chi connectivity index (χ0) is 20.1. The Balaban J connectivity index is 0.000000540. The smallest absolute Gasteiger partial charge is 0.290 e. The summed E-state index contributed by atoms with van der Waals surface area (Å²) < 4.78 is 2.00. The second-order valence-electron chi connectivity index (χ2n) is 5.54. The number of aryl methyl sites for hydroxylation is 1. The van der Waals surface area contributed by atoms with Crippen molar-refractivity contribution < 1.29 is 19.8 Å². The molecular formula is C18H23N5O4. The van der Waals surface area contributed by atoms with Crippen molar-refractivity contribution in [2.45, 2.75) is 20.0 Å². The number of carboxylic acid groups (broad SMARTS) is 2. The Morgan fingerprint density at radius 2 is 1.78 bits per heavy atom. The van der Waals surface area contributed by atoms with E-state index in [2.05, 4.69) is 58.3 Å². The predicted molar refractivity (Wildman–Crippen MR) is 99.4 cm³/mol. The molecule has 0 amide bonds. The summed E-state index contributed by atoms with van der Waals surface area (Å²) in [5, 5.41) is 20.8. The molecule has 9 heteroatoms. The highest BCUT2D eigenvalue weighted by Crippen LogP contribution is 2.13. The van der Waals surface area contributed by atoms with E-state index >= 15 is 0 Å². The van der Waals surface area contributed by atoms with Gasteiger partial charge in [0.2, 0.25) is 0 Å². The fourth-order valence-corrected chi connectivity index (χ4v) is 2.38. The fourth-order valence-electron chi connectivity index (χ4n) is 2.38. The number of imidazole rings is 1. The molecule has 3 N–H and O–H groups in total. The number of aromatic nitrogens is 4. The molecule has 3 aromatic rings. The second kappa shape index (κ2) is 12.0. The van der Waals surface area contributed by atoms with Crippen LogP contribution in [0.2, 0.25) is 0 Å². The lowest BCUT2D eigenvalue weighted by Crippen LogP contribution is -2.17. The summed E-state index contributed by atoms with van der Waals surface area (Å²) >= 11 is 0. The summed E-state index contributed by atoms with van der Waals surface area (Å²) in [7, 11) is 2.12. The Bertz CT molecular complexity index is 778. The minimum atomic E-state index is -0.250. The van der Waals surface area contributed by atoms with Crippen LogP contribution in [-0.2, 0) is 22.7 Å². The summed E-state index contributed by atoms with van der Waals surface area (Å²) in [4.78, 5) is 23.1. The molecule has 0 saturated heterocycles. The molecule has 0 atom stereocenters. The molecule has 0 spiro atoms. The van der Waals surface area contributed by atoms with Crippen LogP contribution in [0.1, 0.15) is 16.8 Å². The van der Waals surface area contributed by atoms with E-state index in [9.17, 15) is 0 Å². The number of H-pyrrole nitrogens is 1. The number of hydrogen-bond donors (Lipinski definition) is 3. The van der Waals surface area contributed by atoms with Crippen molar-refractivity contribution in [1.82, 2.24) is 24.6 Å². The van der Waals surface area contributed by atoms with Crippen molar-refractivity contribution in [1.29, 1.82) is 0 Å². The van der Waals surface area contributed by atoms with E-state index in [-0.39, 0.29) is 12.9 Å². The lowest BCUT2D eigenvalue weighted by molar-refractivity contribution is -0.123. The third-order valence-electron chi connectivity index (χ3n) is 3.57. The Morgan fingerprint density at radius 1 is 1.15 bits per heavy atom. The lowest BCUT2D eigenvalue weighted by atomic mass is 10.2. The zero-order valence-corrected chi connectivity index (χ0v) is 15.2. The first-order chi connectivity index (χ1) is 13.0. The van der Waals surface area contributed by atoms with E-state index in [1.807, 2.05) is 23.3 Å². The van der Waals surface area contributed by atoms with Gasteiger partial charge in [-0.2, -0.15) is 5.10 Å². The normalized spacial score (nSPS) is 9.59. The maximum atomic E-state index is 8.36. The molecule has 0 aliphatic heterocycles. The third-order valence-corrected chi connectivity index (χ3v) is 3.57. The van der Waals surface area contributed by atoms with E-state index < -0.39 is 0 Å². The standard InChI is InChI=1S/C16H19N5.2CH2O2/c1-13-15(9-18-19-13)11-20(2)10-14-3-5-16(6-4-14)21-8-7-17-12-21;2*2-1-3/h3-9,12H,10-11H2,1-2H3,(H,18,19);2*1H,(H,2,3). The van der Waals surface area contributed by atoms with Gasteiger partial charge in [-0.3, -0.25) is 19.6 Å². The molecule has 0 aliphatic carbocycles. The summed E-state index contributed by atoms with van der Waals surface area (Å²) in [6, 6.07) is 8.56. The topological polar surface area (TPSA) is 124 Å². The number of hydrogen-bond acceptors (Lipinski definition) is 5. The van der Waals surface area contributed by atoms with Crippen LogP contribution in [0.3, 0.4) is 0 Å². The molecule has 144 valence electrons. The molecule has 27 heavy (non-hydrogen) atoms. The van der Waals surface area contributed by atoms with Crippen molar-refractivity contribution in [3.8, 4) is 5.69 Å². The first-order valence-electron chi connectivity index (χ1n) is 7.96. The zero-order valence-electron chi connectivity index (χ0n) is 15.2. The van der Waals surface area contributed by atoms with Crippen molar-refractivity contribution in [3.05, 3.63) is 66.0 Å². The van der Waals surface area contributed by atoms with Gasteiger partial charge in [0.05, 0.1) is 12.5 Å². The van der Waals surface area contributed by atoms with E-state index in [1.54, 1.807) is 6.20 Å². The second-order valence-corrected chi connectivity index (χ2v) is 5.54. The molecule has 0 unspecified atom stereocenters. The van der Waals surface area contributed by atoms with Gasteiger partial charge in [0.1, 0.15) is 0 Å². The number of carbonyl (C=O) groups is 2. The van der Waals surface area contributed by atoms with Gasteiger partial charge in [-0.25, -0.2) is 4.98 Å². The Kier molecular flexibility index (Phi) is 9.58. The van der Waals surface area contributed by atoms with Crippen LogP contribution in [0.5, 0.6) is 0 Å². The van der Waals surface area contributed by atoms with Crippen molar-refractivity contribution in [3.63, 3.8) is 0 Å². The quantitative estimate of drug-likeness (QED) is 0.584. The minimum absolute atomic E-state index is 0.250. The van der Waals surface area contributed by atoms with Gasteiger partial charge in [-0.05, 0) is 31.7 Å². The number of rotatable bonds is 5. The van der Waals surface area contributed by atoms with Crippen LogP contribution in [0, 0.1) is 6.92 Å². The van der Waals surface area contributed by atoms with E-state index in [1.165, 1.54) is 11.1 Å². The number of nitrogens with zero attached hydrogens (tertiary/aromatic N) is 4. The Labute approximate surface area is 156 Å². The molecule has 0 radical (unpaired) electrons. The fraction of sp³-hybridized carbons (Fsp3) is 0.222. The van der Waals surface area contributed by atoms with Crippen molar-refractivity contribution in [2.75, 3.05) is 7.05 Å². The van der Waals surface area contributed by atoms with Crippen molar-refractivity contribution >= 4 is 12.9 Å². The summed E-state index contributed by atoms with van der Waals surface area (Å²) in [6.07, 6.45) is 7.44. The van der Waals surface area contributed by atoms with Gasteiger partial charge < -0.3 is 14.8 Å². The maximum absolute atomic E-state index is 8.36. The SMILES string of the molecule is Cc1[nH]ncc1CN(C)Cc1ccc(-n2ccnc2)cc1.O=CO.O=CO. The molecule has 0 saturated carbocycles. The van der Waals surface area contributed by atoms with Crippen LogP contribution in [0.25, 0.3) is 5.69 Å². The summed E-state index contributed by atoms with van der Waals surface area (Å²) in [5.74, 6) is 0. The third kappa shape index (κ3) is 7.53. The monoisotopic (exact) mass is 373 g/mol. The summed E-state index contributed by atoms with van der Waals surface area (Å²) in [5.41, 5.74) is 4.80. The van der Waals surface area contributed by atoms with Crippen LogP contribution in [0.15, 0.2) is 49.2 Å². The summed E-state index contributed by atoms with van der Waals surface area (Å²) in [6.45, 7) is 3.36. The largest absolute Gasteiger partial charge is 0.483 e. The van der Waals surface area contributed by atoms with E-state index in [0.717, 1.165) is 24.5 Å². The van der Waals surface area contributed by atoms with Gasteiger partial charge >= 0.3 is 0 Å². The molecule has 2 heterocycles. The average molecular weight is 373 g/mol. The molecule has 9 nitrogen and oxygen atoms in total. The van der Waals surface area contributed by atoms with Crippen LogP contribution < -0.4 is 0 Å². The highest BCUT2D eigenvalue weighted by atomic mass is 16.3. The van der Waals surface area contributed by atoms with Gasteiger partial charge in [0, 0.05) is 42.4 Å². The number of aromatic amines is 1. The lowest BCUT2D eigenvalue weighted by Gasteiger charge is -2.16.